The first-order valence-corrected chi connectivity index (χ1v) is 9.64. The molecule has 0 unspecified atom stereocenters. The first-order chi connectivity index (χ1) is 13.5. The van der Waals surface area contributed by atoms with E-state index in [1.54, 1.807) is 25.3 Å². The van der Waals surface area contributed by atoms with Gasteiger partial charge in [0, 0.05) is 17.3 Å². The highest BCUT2D eigenvalue weighted by Crippen LogP contribution is 2.27. The van der Waals surface area contributed by atoms with Gasteiger partial charge in [0.15, 0.2) is 0 Å². The maximum Gasteiger partial charge on any atom is 0.238 e. The van der Waals surface area contributed by atoms with Gasteiger partial charge in [-0.1, -0.05) is 29.8 Å². The number of nitrogens with one attached hydrogen (secondary N) is 2. The van der Waals surface area contributed by atoms with E-state index in [0.717, 1.165) is 25.1 Å². The second-order valence-corrected chi connectivity index (χ2v) is 7.26. The topological polar surface area (TPSA) is 70.7 Å². The maximum atomic E-state index is 12.5. The molecule has 1 atom stereocenters. The molecule has 148 valence electrons. The van der Waals surface area contributed by atoms with Crippen molar-refractivity contribution in [2.24, 2.45) is 5.92 Å². The summed E-state index contributed by atoms with van der Waals surface area (Å²) in [6, 6.07) is 14.5. The zero-order valence-corrected chi connectivity index (χ0v) is 16.5. The van der Waals surface area contributed by atoms with Crippen molar-refractivity contribution >= 4 is 34.8 Å². The Morgan fingerprint density at radius 2 is 1.96 bits per heavy atom. The van der Waals surface area contributed by atoms with Crippen molar-refractivity contribution in [1.82, 2.24) is 4.90 Å². The van der Waals surface area contributed by atoms with Crippen LogP contribution in [0.25, 0.3) is 0 Å². The van der Waals surface area contributed by atoms with E-state index in [2.05, 4.69) is 10.6 Å². The lowest BCUT2D eigenvalue weighted by atomic mass is 9.97. The molecule has 1 saturated heterocycles. The predicted molar refractivity (Wildman–Crippen MR) is 111 cm³/mol. The van der Waals surface area contributed by atoms with Crippen LogP contribution in [0.15, 0.2) is 48.5 Å². The molecule has 0 radical (unpaired) electrons. The number of ether oxygens (including phenoxy) is 1. The summed E-state index contributed by atoms with van der Waals surface area (Å²) >= 11 is 6.01. The third-order valence-corrected chi connectivity index (χ3v) is 4.96. The van der Waals surface area contributed by atoms with Gasteiger partial charge in [-0.25, -0.2) is 0 Å². The molecule has 28 heavy (non-hydrogen) atoms. The summed E-state index contributed by atoms with van der Waals surface area (Å²) in [5, 5.41) is 6.31. The number of carbonyl (C=O) groups is 2. The van der Waals surface area contributed by atoms with Crippen LogP contribution in [0, 0.1) is 5.92 Å². The van der Waals surface area contributed by atoms with Crippen LogP contribution in [0.4, 0.5) is 11.4 Å². The smallest absolute Gasteiger partial charge is 0.238 e. The van der Waals surface area contributed by atoms with Gasteiger partial charge in [0.25, 0.3) is 0 Å². The molecule has 0 bridgehead atoms. The Kier molecular flexibility index (Phi) is 6.90. The molecule has 0 aromatic heterocycles. The molecule has 7 heteroatoms. The molecule has 1 aliphatic rings. The summed E-state index contributed by atoms with van der Waals surface area (Å²) in [5.41, 5.74) is 1.32. The van der Waals surface area contributed by atoms with Crippen LogP contribution in [0.3, 0.4) is 0 Å². The largest absolute Gasteiger partial charge is 0.495 e. The van der Waals surface area contributed by atoms with Crippen molar-refractivity contribution in [1.29, 1.82) is 0 Å². The normalized spacial score (nSPS) is 17.0. The van der Waals surface area contributed by atoms with Gasteiger partial charge in [-0.2, -0.15) is 0 Å². The van der Waals surface area contributed by atoms with Gasteiger partial charge in [-0.15, -0.1) is 0 Å². The molecule has 1 fully saturated rings. The fourth-order valence-corrected chi connectivity index (χ4v) is 3.52. The summed E-state index contributed by atoms with van der Waals surface area (Å²) in [7, 11) is 1.54. The fraction of sp³-hybridized carbons (Fsp3) is 0.333. The Morgan fingerprint density at radius 1 is 1.18 bits per heavy atom. The number of rotatable bonds is 6. The number of nitrogens with zero attached hydrogens (tertiary/aromatic N) is 1. The summed E-state index contributed by atoms with van der Waals surface area (Å²) < 4.78 is 5.26. The van der Waals surface area contributed by atoms with Crippen molar-refractivity contribution < 1.29 is 14.3 Å². The molecule has 2 N–H and O–H groups in total. The summed E-state index contributed by atoms with van der Waals surface area (Å²) in [6.07, 6.45) is 1.69. The highest BCUT2D eigenvalue weighted by Gasteiger charge is 2.27. The molecular formula is C21H24ClN3O3. The highest BCUT2D eigenvalue weighted by molar-refractivity contribution is 6.31. The molecule has 0 aliphatic carbocycles. The Morgan fingerprint density at radius 3 is 2.71 bits per heavy atom. The molecule has 0 saturated carbocycles. The minimum atomic E-state index is -0.162. The molecule has 0 spiro atoms. The van der Waals surface area contributed by atoms with Crippen LogP contribution in [0.1, 0.15) is 12.8 Å². The zero-order valence-electron chi connectivity index (χ0n) is 15.8. The van der Waals surface area contributed by atoms with E-state index in [9.17, 15) is 9.59 Å². The maximum absolute atomic E-state index is 12.5. The van der Waals surface area contributed by atoms with Crippen LogP contribution in [-0.4, -0.2) is 43.5 Å². The summed E-state index contributed by atoms with van der Waals surface area (Å²) in [5.74, 6) is 0.247. The quantitative estimate of drug-likeness (QED) is 0.775. The Labute approximate surface area is 169 Å². The number of benzene rings is 2. The molecule has 2 amide bonds. The van der Waals surface area contributed by atoms with Crippen molar-refractivity contribution in [2.75, 3.05) is 37.4 Å². The lowest BCUT2D eigenvalue weighted by molar-refractivity contribution is -0.123. The predicted octanol–water partition coefficient (Wildman–Crippen LogP) is 3.64. The monoisotopic (exact) mass is 401 g/mol. The zero-order chi connectivity index (χ0) is 19.9. The number of hydrogen-bond donors (Lipinski definition) is 2. The van der Waals surface area contributed by atoms with Gasteiger partial charge in [0.1, 0.15) is 5.75 Å². The molecular weight excluding hydrogens is 378 g/mol. The van der Waals surface area contributed by atoms with Gasteiger partial charge in [-0.05, 0) is 49.7 Å². The Hall–Kier alpha value is -2.57. The molecule has 2 aromatic rings. The van der Waals surface area contributed by atoms with Gasteiger partial charge in [0.2, 0.25) is 11.8 Å². The first-order valence-electron chi connectivity index (χ1n) is 9.27. The summed E-state index contributed by atoms with van der Waals surface area (Å²) in [4.78, 5) is 27.0. The SMILES string of the molecule is COc1ccc(Cl)cc1NC(=O)CN1CCC[C@H](C(=O)Nc2ccccc2)C1. The van der Waals surface area contributed by atoms with Crippen molar-refractivity contribution in [2.45, 2.75) is 12.8 Å². The molecule has 3 rings (SSSR count). The van der Waals surface area contributed by atoms with Gasteiger partial charge in [-0.3, -0.25) is 14.5 Å². The Bertz CT molecular complexity index is 829. The standard InChI is InChI=1S/C21H24ClN3O3/c1-28-19-10-9-16(22)12-18(19)24-20(26)14-25-11-5-6-15(13-25)21(27)23-17-7-3-2-4-8-17/h2-4,7-10,12,15H,5-6,11,13-14H2,1H3,(H,23,27)(H,24,26)/t15-/m0/s1. The van der Waals surface area contributed by atoms with E-state index in [0.29, 0.717) is 23.0 Å². The Balaban J connectivity index is 1.55. The number of amides is 2. The van der Waals surface area contributed by atoms with E-state index < -0.39 is 0 Å². The van der Waals surface area contributed by atoms with Gasteiger partial charge < -0.3 is 15.4 Å². The number of piperidine rings is 1. The van der Waals surface area contributed by atoms with Crippen molar-refractivity contribution in [3.8, 4) is 5.75 Å². The van der Waals surface area contributed by atoms with E-state index in [1.165, 1.54) is 0 Å². The van der Waals surface area contributed by atoms with E-state index in [4.69, 9.17) is 16.3 Å². The van der Waals surface area contributed by atoms with Crippen molar-refractivity contribution in [3.63, 3.8) is 0 Å². The number of para-hydroxylation sites is 1. The molecule has 1 heterocycles. The summed E-state index contributed by atoms with van der Waals surface area (Å²) in [6.45, 7) is 1.55. The lowest BCUT2D eigenvalue weighted by Gasteiger charge is -2.31. The molecule has 6 nitrogen and oxygen atoms in total. The number of methoxy groups -OCH3 is 1. The van der Waals surface area contributed by atoms with E-state index in [-0.39, 0.29) is 24.3 Å². The third kappa shape index (κ3) is 5.47. The van der Waals surface area contributed by atoms with Crippen LogP contribution < -0.4 is 15.4 Å². The average Bonchev–Trinajstić information content (AvgIpc) is 2.69. The van der Waals surface area contributed by atoms with Crippen LogP contribution in [0.2, 0.25) is 5.02 Å². The second-order valence-electron chi connectivity index (χ2n) is 6.82. The number of anilines is 2. The number of hydrogen-bond acceptors (Lipinski definition) is 4. The van der Waals surface area contributed by atoms with Crippen LogP contribution in [0.5, 0.6) is 5.75 Å². The number of carbonyl (C=O) groups excluding carboxylic acids is 2. The van der Waals surface area contributed by atoms with Crippen molar-refractivity contribution in [3.05, 3.63) is 53.6 Å². The first kappa shape index (κ1) is 20.2. The number of halogens is 1. The average molecular weight is 402 g/mol. The fourth-order valence-electron chi connectivity index (χ4n) is 3.35. The van der Waals surface area contributed by atoms with Crippen LogP contribution >= 0.6 is 11.6 Å². The second kappa shape index (κ2) is 9.57. The van der Waals surface area contributed by atoms with Gasteiger partial charge in [0.05, 0.1) is 25.3 Å². The number of likely N-dealkylation sites (tertiary alicyclic amines) is 1. The molecule has 1 aliphatic heterocycles. The van der Waals surface area contributed by atoms with E-state index in [1.807, 2.05) is 35.2 Å². The van der Waals surface area contributed by atoms with Crippen LogP contribution in [-0.2, 0) is 9.59 Å². The van der Waals surface area contributed by atoms with Gasteiger partial charge >= 0.3 is 0 Å². The minimum Gasteiger partial charge on any atom is -0.495 e. The lowest BCUT2D eigenvalue weighted by Crippen LogP contribution is -2.44. The molecule has 2 aromatic carbocycles. The third-order valence-electron chi connectivity index (χ3n) is 4.72. The minimum absolute atomic E-state index is 0.00665. The van der Waals surface area contributed by atoms with E-state index >= 15 is 0 Å². The highest BCUT2D eigenvalue weighted by atomic mass is 35.5.